The summed E-state index contributed by atoms with van der Waals surface area (Å²) in [5, 5.41) is 9.68. The van der Waals surface area contributed by atoms with Crippen molar-refractivity contribution in [3.8, 4) is 0 Å². The zero-order chi connectivity index (χ0) is 11.1. The van der Waals surface area contributed by atoms with Gasteiger partial charge >= 0.3 is 0 Å². The zero-order valence-electron chi connectivity index (χ0n) is 9.45. The first-order valence-electron chi connectivity index (χ1n) is 5.57. The standard InChI is InChI=1S/C14H20O/c1-3-4-9-14(15)11-10-13-8-6-5-7-12(13)2/h3,5-8,14-15H,1,4,9-11H2,2H3. The SMILES string of the molecule is C=CCCC(O)CCc1ccccc1C. The molecule has 82 valence electrons. The summed E-state index contributed by atoms with van der Waals surface area (Å²) in [5.74, 6) is 0. The Morgan fingerprint density at radius 3 is 2.73 bits per heavy atom. The Bertz CT molecular complexity index is 304. The Morgan fingerprint density at radius 2 is 2.07 bits per heavy atom. The van der Waals surface area contributed by atoms with Crippen LogP contribution in [-0.2, 0) is 6.42 Å². The fraction of sp³-hybridized carbons (Fsp3) is 0.429. The number of hydrogen-bond acceptors (Lipinski definition) is 1. The number of benzene rings is 1. The summed E-state index contributed by atoms with van der Waals surface area (Å²) in [6.07, 6.45) is 5.20. The number of hydrogen-bond donors (Lipinski definition) is 1. The van der Waals surface area contributed by atoms with E-state index in [1.807, 2.05) is 12.1 Å². The fourth-order valence-electron chi connectivity index (χ4n) is 1.67. The first kappa shape index (κ1) is 12.0. The van der Waals surface area contributed by atoms with Gasteiger partial charge in [0.25, 0.3) is 0 Å². The molecule has 1 rings (SSSR count). The number of aliphatic hydroxyl groups excluding tert-OH is 1. The maximum absolute atomic E-state index is 9.68. The van der Waals surface area contributed by atoms with E-state index in [1.165, 1.54) is 11.1 Å². The van der Waals surface area contributed by atoms with Gasteiger partial charge in [-0.15, -0.1) is 6.58 Å². The normalized spacial score (nSPS) is 12.4. The first-order valence-corrected chi connectivity index (χ1v) is 5.57. The van der Waals surface area contributed by atoms with Crippen LogP contribution in [0.3, 0.4) is 0 Å². The topological polar surface area (TPSA) is 20.2 Å². The van der Waals surface area contributed by atoms with E-state index >= 15 is 0 Å². The molecule has 0 aliphatic carbocycles. The molecule has 0 amide bonds. The quantitative estimate of drug-likeness (QED) is 0.705. The molecule has 0 bridgehead atoms. The highest BCUT2D eigenvalue weighted by Crippen LogP contribution is 2.12. The van der Waals surface area contributed by atoms with E-state index in [9.17, 15) is 5.11 Å². The number of allylic oxidation sites excluding steroid dienone is 1. The number of aryl methyl sites for hydroxylation is 2. The van der Waals surface area contributed by atoms with Crippen LogP contribution in [-0.4, -0.2) is 11.2 Å². The summed E-state index contributed by atoms with van der Waals surface area (Å²) in [5.41, 5.74) is 2.66. The van der Waals surface area contributed by atoms with Gasteiger partial charge in [0, 0.05) is 0 Å². The summed E-state index contributed by atoms with van der Waals surface area (Å²) in [6, 6.07) is 8.35. The van der Waals surface area contributed by atoms with E-state index in [4.69, 9.17) is 0 Å². The second-order valence-electron chi connectivity index (χ2n) is 3.99. The molecular formula is C14H20O. The van der Waals surface area contributed by atoms with Crippen LogP contribution >= 0.6 is 0 Å². The van der Waals surface area contributed by atoms with E-state index in [2.05, 4.69) is 31.7 Å². The molecule has 1 unspecified atom stereocenters. The zero-order valence-corrected chi connectivity index (χ0v) is 9.45. The van der Waals surface area contributed by atoms with Crippen LogP contribution in [0.15, 0.2) is 36.9 Å². The maximum atomic E-state index is 9.68. The van der Waals surface area contributed by atoms with Crippen LogP contribution in [0.25, 0.3) is 0 Å². The Morgan fingerprint density at radius 1 is 1.33 bits per heavy atom. The molecule has 1 N–H and O–H groups in total. The van der Waals surface area contributed by atoms with Crippen LogP contribution in [0.5, 0.6) is 0 Å². The predicted octanol–water partition coefficient (Wildman–Crippen LogP) is 3.25. The summed E-state index contributed by atoms with van der Waals surface area (Å²) < 4.78 is 0. The van der Waals surface area contributed by atoms with E-state index in [1.54, 1.807) is 0 Å². The summed E-state index contributed by atoms with van der Waals surface area (Å²) in [6.45, 7) is 5.77. The van der Waals surface area contributed by atoms with Crippen molar-refractivity contribution >= 4 is 0 Å². The second kappa shape index (κ2) is 6.41. The van der Waals surface area contributed by atoms with Crippen LogP contribution in [0.1, 0.15) is 30.4 Å². The van der Waals surface area contributed by atoms with Gasteiger partial charge in [-0.3, -0.25) is 0 Å². The molecule has 1 aromatic carbocycles. The van der Waals surface area contributed by atoms with Gasteiger partial charge < -0.3 is 5.11 Å². The molecular weight excluding hydrogens is 184 g/mol. The Kier molecular flexibility index (Phi) is 5.13. The van der Waals surface area contributed by atoms with Crippen LogP contribution in [0.2, 0.25) is 0 Å². The molecule has 1 heteroatoms. The molecule has 1 nitrogen and oxygen atoms in total. The van der Waals surface area contributed by atoms with E-state index in [-0.39, 0.29) is 6.10 Å². The lowest BCUT2D eigenvalue weighted by Gasteiger charge is -2.10. The molecule has 1 atom stereocenters. The van der Waals surface area contributed by atoms with Gasteiger partial charge in [0.05, 0.1) is 6.10 Å². The lowest BCUT2D eigenvalue weighted by molar-refractivity contribution is 0.156. The van der Waals surface area contributed by atoms with Crippen LogP contribution in [0.4, 0.5) is 0 Å². The van der Waals surface area contributed by atoms with Crippen molar-refractivity contribution in [2.45, 2.75) is 38.7 Å². The number of rotatable bonds is 6. The molecule has 0 spiro atoms. The van der Waals surface area contributed by atoms with Crippen molar-refractivity contribution in [2.75, 3.05) is 0 Å². The average Bonchev–Trinajstić information content (AvgIpc) is 2.25. The third-order valence-electron chi connectivity index (χ3n) is 2.71. The first-order chi connectivity index (χ1) is 7.24. The molecule has 0 saturated carbocycles. The Hall–Kier alpha value is -1.08. The molecule has 15 heavy (non-hydrogen) atoms. The van der Waals surface area contributed by atoms with Gasteiger partial charge in [-0.05, 0) is 43.7 Å². The molecule has 0 radical (unpaired) electrons. The van der Waals surface area contributed by atoms with Crippen molar-refractivity contribution in [1.82, 2.24) is 0 Å². The maximum Gasteiger partial charge on any atom is 0.0546 e. The van der Waals surface area contributed by atoms with Gasteiger partial charge in [-0.25, -0.2) is 0 Å². The summed E-state index contributed by atoms with van der Waals surface area (Å²) >= 11 is 0. The van der Waals surface area contributed by atoms with Gasteiger partial charge in [0.15, 0.2) is 0 Å². The van der Waals surface area contributed by atoms with Crippen molar-refractivity contribution in [1.29, 1.82) is 0 Å². The fourth-order valence-corrected chi connectivity index (χ4v) is 1.67. The van der Waals surface area contributed by atoms with Gasteiger partial charge in [-0.1, -0.05) is 30.3 Å². The van der Waals surface area contributed by atoms with Crippen LogP contribution < -0.4 is 0 Å². The molecule has 0 aliphatic heterocycles. The van der Waals surface area contributed by atoms with Gasteiger partial charge in [-0.2, -0.15) is 0 Å². The average molecular weight is 204 g/mol. The molecule has 0 saturated heterocycles. The minimum Gasteiger partial charge on any atom is -0.393 e. The highest BCUT2D eigenvalue weighted by atomic mass is 16.3. The minimum atomic E-state index is -0.192. The molecule has 1 aromatic rings. The van der Waals surface area contributed by atoms with Crippen LogP contribution in [0, 0.1) is 6.92 Å². The highest BCUT2D eigenvalue weighted by Gasteiger charge is 2.04. The minimum absolute atomic E-state index is 0.192. The van der Waals surface area contributed by atoms with Crippen molar-refractivity contribution < 1.29 is 5.11 Å². The molecule has 0 fully saturated rings. The van der Waals surface area contributed by atoms with Gasteiger partial charge in [0.2, 0.25) is 0 Å². The third kappa shape index (κ3) is 4.30. The van der Waals surface area contributed by atoms with E-state index in [0.29, 0.717) is 0 Å². The van der Waals surface area contributed by atoms with Crippen molar-refractivity contribution in [2.24, 2.45) is 0 Å². The lowest BCUT2D eigenvalue weighted by atomic mass is 10.0. The highest BCUT2D eigenvalue weighted by molar-refractivity contribution is 5.25. The van der Waals surface area contributed by atoms with Crippen molar-refractivity contribution in [3.05, 3.63) is 48.0 Å². The summed E-state index contributed by atoms with van der Waals surface area (Å²) in [7, 11) is 0. The Labute approximate surface area is 92.5 Å². The van der Waals surface area contributed by atoms with Gasteiger partial charge in [0.1, 0.15) is 0 Å². The molecule has 0 aliphatic rings. The monoisotopic (exact) mass is 204 g/mol. The lowest BCUT2D eigenvalue weighted by Crippen LogP contribution is -2.07. The molecule has 0 heterocycles. The number of aliphatic hydroxyl groups is 1. The van der Waals surface area contributed by atoms with Crippen molar-refractivity contribution in [3.63, 3.8) is 0 Å². The third-order valence-corrected chi connectivity index (χ3v) is 2.71. The second-order valence-corrected chi connectivity index (χ2v) is 3.99. The Balaban J connectivity index is 2.36. The summed E-state index contributed by atoms with van der Waals surface area (Å²) in [4.78, 5) is 0. The van der Waals surface area contributed by atoms with E-state index in [0.717, 1.165) is 25.7 Å². The molecule has 0 aromatic heterocycles. The smallest absolute Gasteiger partial charge is 0.0546 e. The predicted molar refractivity (Wildman–Crippen MR) is 64.9 cm³/mol. The largest absolute Gasteiger partial charge is 0.393 e. The van der Waals surface area contributed by atoms with E-state index < -0.39 is 0 Å².